The molecule has 0 spiro atoms. The first-order valence-electron chi connectivity index (χ1n) is 23.7. The van der Waals surface area contributed by atoms with Crippen molar-refractivity contribution < 1.29 is 4.79 Å². The number of aromatic nitrogens is 4. The number of nitriles is 1. The number of carbonyl (C=O) groups is 1. The van der Waals surface area contributed by atoms with E-state index in [1.54, 1.807) is 4.80 Å². The van der Waals surface area contributed by atoms with Crippen LogP contribution in [0.3, 0.4) is 0 Å². The molecule has 3 heterocycles. The zero-order valence-electron chi connectivity index (χ0n) is 39.2. The summed E-state index contributed by atoms with van der Waals surface area (Å²) in [6, 6.07) is 52.9. The van der Waals surface area contributed by atoms with Crippen LogP contribution in [0.5, 0.6) is 0 Å². The van der Waals surface area contributed by atoms with E-state index < -0.39 is 5.54 Å². The number of likely N-dealkylation sites (tertiary alicyclic amines) is 1. The summed E-state index contributed by atoms with van der Waals surface area (Å²) >= 11 is 7.04. The van der Waals surface area contributed by atoms with Crippen molar-refractivity contribution in [2.24, 2.45) is 0 Å². The first-order chi connectivity index (χ1) is 33.7. The van der Waals surface area contributed by atoms with Crippen molar-refractivity contribution in [1.29, 1.82) is 5.26 Å². The standard InChI is InChI=1S/C57H55ClN10O/c1-42-34-43(2)36-46(35-42)40-66-33-32-65(56(66)53(38-59)60-3)31-28-54(69)67(50-21-15-16-45(37-50)39-64-29-13-6-14-30-64)41-44-24-26-47(27-25-44)55-61-63-68(62-55)57(48-17-7-4-8-18-48,49-19-9-5-10-20-49)51-22-11-12-23-52(51)58/h4-5,7-12,15-27,34-37H,6,13-14,28-33,39-41H2,1-2H3. The van der Waals surface area contributed by atoms with Crippen LogP contribution in [0.25, 0.3) is 16.2 Å². The third kappa shape index (κ3) is 10.2. The molecule has 12 heteroatoms. The second-order valence-electron chi connectivity index (χ2n) is 18.1. The first-order valence-corrected chi connectivity index (χ1v) is 24.1. The molecule has 1 aromatic heterocycles. The summed E-state index contributed by atoms with van der Waals surface area (Å²) in [5, 5.41) is 25.2. The highest BCUT2D eigenvalue weighted by Gasteiger charge is 2.43. The maximum absolute atomic E-state index is 14.7. The number of tetrazole rings is 1. The molecule has 0 aliphatic carbocycles. The summed E-state index contributed by atoms with van der Waals surface area (Å²) in [4.78, 5) is 28.5. The molecule has 0 bridgehead atoms. The third-order valence-corrected chi connectivity index (χ3v) is 13.5. The molecule has 7 aromatic rings. The summed E-state index contributed by atoms with van der Waals surface area (Å²) in [5.74, 6) is 0.984. The van der Waals surface area contributed by atoms with Gasteiger partial charge in [-0.15, -0.1) is 15.0 Å². The quantitative estimate of drug-likeness (QED) is 0.0569. The van der Waals surface area contributed by atoms with Crippen LogP contribution in [0.15, 0.2) is 163 Å². The zero-order valence-corrected chi connectivity index (χ0v) is 39.9. The highest BCUT2D eigenvalue weighted by molar-refractivity contribution is 6.31. The minimum Gasteiger partial charge on any atom is -0.364 e. The van der Waals surface area contributed by atoms with Gasteiger partial charge in [0.1, 0.15) is 5.82 Å². The summed E-state index contributed by atoms with van der Waals surface area (Å²) < 4.78 is 0. The highest BCUT2D eigenvalue weighted by Crippen LogP contribution is 2.43. The summed E-state index contributed by atoms with van der Waals surface area (Å²) in [6.45, 7) is 17.5. The molecule has 0 N–H and O–H groups in total. The van der Waals surface area contributed by atoms with Crippen LogP contribution in [0.2, 0.25) is 5.02 Å². The minimum absolute atomic E-state index is 0.0379. The van der Waals surface area contributed by atoms with E-state index in [0.717, 1.165) is 64.3 Å². The molecular weight excluding hydrogens is 876 g/mol. The molecule has 0 atom stereocenters. The number of hydrogen-bond donors (Lipinski definition) is 0. The molecule has 9 rings (SSSR count). The van der Waals surface area contributed by atoms with Gasteiger partial charge in [-0.1, -0.05) is 163 Å². The van der Waals surface area contributed by atoms with E-state index in [4.69, 9.17) is 28.5 Å². The molecule has 6 aromatic carbocycles. The lowest BCUT2D eigenvalue weighted by atomic mass is 9.77. The lowest BCUT2D eigenvalue weighted by molar-refractivity contribution is -0.119. The van der Waals surface area contributed by atoms with Crippen molar-refractivity contribution in [2.45, 2.75) is 64.7 Å². The van der Waals surface area contributed by atoms with Crippen molar-refractivity contribution in [3.05, 3.63) is 224 Å². The number of aryl methyl sites for hydroxylation is 2. The maximum atomic E-state index is 14.7. The Morgan fingerprint density at radius 1 is 0.739 bits per heavy atom. The fourth-order valence-corrected chi connectivity index (χ4v) is 10.3. The number of anilines is 1. The SMILES string of the molecule is [C-]#[N+]C(C#N)=C1N(CCC(=O)N(Cc2ccc(-c3nnn(C(c4ccccc4)(c4ccccc4)c4ccccc4Cl)n3)cc2)c2cccc(CN3CCCCC3)c2)CCN1Cc1cc(C)cc(C)c1. The van der Waals surface area contributed by atoms with E-state index in [1.165, 1.54) is 30.4 Å². The predicted molar refractivity (Wildman–Crippen MR) is 271 cm³/mol. The van der Waals surface area contributed by atoms with Crippen molar-refractivity contribution in [1.82, 2.24) is 34.9 Å². The van der Waals surface area contributed by atoms with E-state index in [2.05, 4.69) is 94.3 Å². The summed E-state index contributed by atoms with van der Waals surface area (Å²) in [5.41, 5.74) is 8.82. The van der Waals surface area contributed by atoms with E-state index in [0.29, 0.717) is 49.4 Å². The van der Waals surface area contributed by atoms with Gasteiger partial charge in [0.2, 0.25) is 11.7 Å². The monoisotopic (exact) mass is 930 g/mol. The predicted octanol–water partition coefficient (Wildman–Crippen LogP) is 10.8. The van der Waals surface area contributed by atoms with E-state index in [-0.39, 0.29) is 18.0 Å². The molecule has 0 saturated carbocycles. The molecule has 2 saturated heterocycles. The molecule has 2 aliphatic heterocycles. The van der Waals surface area contributed by atoms with Gasteiger partial charge < -0.3 is 14.7 Å². The third-order valence-electron chi connectivity index (χ3n) is 13.2. The fraction of sp³-hybridized carbons (Fsp3) is 0.263. The number of allylic oxidation sites excluding steroid dienone is 1. The number of piperidine rings is 1. The van der Waals surface area contributed by atoms with Gasteiger partial charge in [-0.25, -0.2) is 10.1 Å². The van der Waals surface area contributed by atoms with Crippen molar-refractivity contribution in [3.8, 4) is 17.5 Å². The van der Waals surface area contributed by atoms with Gasteiger partial charge >= 0.3 is 5.70 Å². The Kier molecular flexibility index (Phi) is 14.3. The van der Waals surface area contributed by atoms with Crippen LogP contribution in [-0.2, 0) is 30.0 Å². The molecule has 0 unspecified atom stereocenters. The Hall–Kier alpha value is -7.57. The van der Waals surface area contributed by atoms with Gasteiger partial charge in [0.15, 0.2) is 5.54 Å². The van der Waals surface area contributed by atoms with Gasteiger partial charge in [0, 0.05) is 61.0 Å². The Bertz CT molecular complexity index is 2950. The Balaban J connectivity index is 1.00. The maximum Gasteiger partial charge on any atom is 0.300 e. The van der Waals surface area contributed by atoms with Crippen LogP contribution >= 0.6 is 11.6 Å². The zero-order chi connectivity index (χ0) is 47.7. The fourth-order valence-electron chi connectivity index (χ4n) is 10.1. The summed E-state index contributed by atoms with van der Waals surface area (Å²) in [6.07, 6.45) is 3.85. The minimum atomic E-state index is -1.04. The van der Waals surface area contributed by atoms with Crippen LogP contribution in [0.1, 0.15) is 70.2 Å². The number of nitrogens with zero attached hydrogens (tertiary/aromatic N) is 10. The van der Waals surface area contributed by atoms with Gasteiger partial charge in [0.25, 0.3) is 0 Å². The van der Waals surface area contributed by atoms with Crippen molar-refractivity contribution in [3.63, 3.8) is 0 Å². The van der Waals surface area contributed by atoms with Gasteiger partial charge in [-0.3, -0.25) is 9.69 Å². The smallest absolute Gasteiger partial charge is 0.300 e. The molecule has 2 fully saturated rings. The average molecular weight is 932 g/mol. The molecule has 69 heavy (non-hydrogen) atoms. The number of hydrogen-bond acceptors (Lipinski definition) is 8. The van der Waals surface area contributed by atoms with E-state index >= 15 is 0 Å². The number of halogens is 1. The Morgan fingerprint density at radius 3 is 2.07 bits per heavy atom. The number of benzene rings is 6. The van der Waals surface area contributed by atoms with Gasteiger partial charge in [0.05, 0.1) is 19.2 Å². The Morgan fingerprint density at radius 2 is 1.41 bits per heavy atom. The second kappa shape index (κ2) is 21.2. The van der Waals surface area contributed by atoms with Crippen LogP contribution in [-0.4, -0.2) is 73.5 Å². The molecule has 1 amide bonds. The first kappa shape index (κ1) is 46.5. The molecular formula is C57H55ClN10O. The highest BCUT2D eigenvalue weighted by atomic mass is 35.5. The number of rotatable bonds is 15. The van der Waals surface area contributed by atoms with Gasteiger partial charge in [-0.05, 0) is 91.0 Å². The van der Waals surface area contributed by atoms with E-state index in [9.17, 15) is 10.1 Å². The molecule has 11 nitrogen and oxygen atoms in total. The largest absolute Gasteiger partial charge is 0.364 e. The lowest BCUT2D eigenvalue weighted by Gasteiger charge is -2.34. The molecule has 346 valence electrons. The van der Waals surface area contributed by atoms with Crippen molar-refractivity contribution >= 4 is 23.2 Å². The Labute approximate surface area is 410 Å². The average Bonchev–Trinajstić information content (AvgIpc) is 4.03. The molecule has 2 aliphatic rings. The number of amides is 1. The summed E-state index contributed by atoms with van der Waals surface area (Å²) in [7, 11) is 0. The van der Waals surface area contributed by atoms with Crippen LogP contribution < -0.4 is 4.90 Å². The van der Waals surface area contributed by atoms with Gasteiger partial charge in [-0.2, -0.15) is 0 Å². The number of carbonyl (C=O) groups excluding carboxylic acids is 1. The van der Waals surface area contributed by atoms with Crippen LogP contribution in [0, 0.1) is 31.8 Å². The normalized spacial score (nSPS) is 14.9. The van der Waals surface area contributed by atoms with Crippen LogP contribution in [0.4, 0.5) is 5.69 Å². The van der Waals surface area contributed by atoms with E-state index in [1.807, 2.05) is 107 Å². The van der Waals surface area contributed by atoms with Crippen molar-refractivity contribution in [2.75, 3.05) is 37.6 Å². The topological polar surface area (TPSA) is 102 Å². The molecule has 0 radical (unpaired) electrons. The lowest BCUT2D eigenvalue weighted by Crippen LogP contribution is -2.40. The second-order valence-corrected chi connectivity index (χ2v) is 18.5.